The van der Waals surface area contributed by atoms with E-state index in [4.69, 9.17) is 0 Å². The number of carbonyl (C=O) groups is 2. The van der Waals surface area contributed by atoms with Crippen LogP contribution in [-0.4, -0.2) is 35.6 Å². The summed E-state index contributed by atoms with van der Waals surface area (Å²) in [5.74, 6) is -0.0897. The molecule has 0 saturated heterocycles. The molecule has 3 aromatic rings. The highest BCUT2D eigenvalue weighted by Gasteiger charge is 2.30. The summed E-state index contributed by atoms with van der Waals surface area (Å²) in [7, 11) is 1.59. The van der Waals surface area contributed by atoms with E-state index in [2.05, 4.69) is 5.32 Å². The van der Waals surface area contributed by atoms with E-state index >= 15 is 0 Å². The van der Waals surface area contributed by atoms with Crippen molar-refractivity contribution in [1.82, 2.24) is 10.2 Å². The molecule has 0 heterocycles. The molecular weight excluding hydrogens is 435 g/mol. The number of aryl methyl sites for hydroxylation is 1. The molecular formula is C27H29FN2O2S. The van der Waals surface area contributed by atoms with Gasteiger partial charge in [0.15, 0.2) is 0 Å². The zero-order valence-electron chi connectivity index (χ0n) is 19.0. The molecule has 6 heteroatoms. The van der Waals surface area contributed by atoms with Gasteiger partial charge in [0, 0.05) is 25.8 Å². The van der Waals surface area contributed by atoms with Crippen molar-refractivity contribution in [2.75, 3.05) is 12.8 Å². The van der Waals surface area contributed by atoms with Crippen LogP contribution in [-0.2, 0) is 28.3 Å². The highest BCUT2D eigenvalue weighted by molar-refractivity contribution is 7.99. The Kier molecular flexibility index (Phi) is 9.07. The minimum atomic E-state index is -0.654. The summed E-state index contributed by atoms with van der Waals surface area (Å²) in [5.41, 5.74) is 3.59. The van der Waals surface area contributed by atoms with Crippen molar-refractivity contribution in [2.24, 2.45) is 0 Å². The van der Waals surface area contributed by atoms with Gasteiger partial charge in [0.1, 0.15) is 11.9 Å². The Morgan fingerprint density at radius 3 is 2.24 bits per heavy atom. The molecule has 0 aliphatic rings. The molecule has 172 valence electrons. The van der Waals surface area contributed by atoms with Crippen LogP contribution in [0.15, 0.2) is 78.9 Å². The Bertz CT molecular complexity index is 1070. The molecule has 0 fully saturated rings. The van der Waals surface area contributed by atoms with Crippen molar-refractivity contribution in [3.63, 3.8) is 0 Å². The molecule has 1 atom stereocenters. The third-order valence-corrected chi connectivity index (χ3v) is 6.53. The fraction of sp³-hybridized carbons (Fsp3) is 0.259. The van der Waals surface area contributed by atoms with E-state index in [9.17, 15) is 14.0 Å². The normalized spacial score (nSPS) is 11.6. The first-order valence-corrected chi connectivity index (χ1v) is 12.1. The SMILES string of the molecule is CNC(=O)[C@H](Cc1ccccc1)N(Cc1ccccc1C)C(=O)CSCc1ccccc1F. The zero-order chi connectivity index (χ0) is 23.6. The summed E-state index contributed by atoms with van der Waals surface area (Å²) in [4.78, 5) is 28.0. The number of thioether (sulfide) groups is 1. The van der Waals surface area contributed by atoms with E-state index in [0.717, 1.165) is 16.7 Å². The average Bonchev–Trinajstić information content (AvgIpc) is 2.83. The third-order valence-electron chi connectivity index (χ3n) is 5.56. The van der Waals surface area contributed by atoms with Crippen LogP contribution in [0.5, 0.6) is 0 Å². The lowest BCUT2D eigenvalue weighted by Crippen LogP contribution is -2.50. The molecule has 0 saturated carbocycles. The number of carbonyl (C=O) groups excluding carboxylic acids is 2. The first kappa shape index (κ1) is 24.5. The Morgan fingerprint density at radius 1 is 0.939 bits per heavy atom. The van der Waals surface area contributed by atoms with Gasteiger partial charge in [-0.15, -0.1) is 11.8 Å². The highest BCUT2D eigenvalue weighted by atomic mass is 32.2. The predicted molar refractivity (Wildman–Crippen MR) is 132 cm³/mol. The summed E-state index contributed by atoms with van der Waals surface area (Å²) in [6.07, 6.45) is 0.413. The summed E-state index contributed by atoms with van der Waals surface area (Å²) < 4.78 is 14.0. The van der Waals surface area contributed by atoms with Crippen LogP contribution in [0, 0.1) is 12.7 Å². The largest absolute Gasteiger partial charge is 0.357 e. The number of hydrogen-bond acceptors (Lipinski definition) is 3. The number of rotatable bonds is 10. The van der Waals surface area contributed by atoms with Gasteiger partial charge in [-0.05, 0) is 35.2 Å². The van der Waals surface area contributed by atoms with Gasteiger partial charge in [-0.25, -0.2) is 4.39 Å². The molecule has 0 bridgehead atoms. The number of halogens is 1. The summed E-state index contributed by atoms with van der Waals surface area (Å²) in [6, 6.07) is 23.5. The zero-order valence-corrected chi connectivity index (χ0v) is 19.8. The van der Waals surface area contributed by atoms with E-state index in [1.54, 1.807) is 30.1 Å². The first-order valence-electron chi connectivity index (χ1n) is 10.9. The molecule has 0 spiro atoms. The van der Waals surface area contributed by atoms with Gasteiger partial charge in [-0.1, -0.05) is 72.8 Å². The second kappa shape index (κ2) is 12.2. The fourth-order valence-corrected chi connectivity index (χ4v) is 4.53. The molecule has 3 rings (SSSR count). The lowest BCUT2D eigenvalue weighted by molar-refractivity contribution is -0.139. The number of amides is 2. The van der Waals surface area contributed by atoms with Crippen molar-refractivity contribution in [1.29, 1.82) is 0 Å². The minimum Gasteiger partial charge on any atom is -0.357 e. The van der Waals surface area contributed by atoms with E-state index in [-0.39, 0.29) is 23.4 Å². The number of benzene rings is 3. The van der Waals surface area contributed by atoms with Crippen LogP contribution in [0.4, 0.5) is 4.39 Å². The van der Waals surface area contributed by atoms with E-state index in [1.807, 2.05) is 61.5 Å². The van der Waals surface area contributed by atoms with Crippen molar-refractivity contribution < 1.29 is 14.0 Å². The molecule has 0 aliphatic heterocycles. The summed E-state index contributed by atoms with van der Waals surface area (Å²) >= 11 is 1.35. The van der Waals surface area contributed by atoms with Crippen LogP contribution in [0.2, 0.25) is 0 Å². The summed E-state index contributed by atoms with van der Waals surface area (Å²) in [5, 5.41) is 2.72. The van der Waals surface area contributed by atoms with Crippen molar-refractivity contribution >= 4 is 23.6 Å². The molecule has 1 N–H and O–H groups in total. The second-order valence-electron chi connectivity index (χ2n) is 7.85. The van der Waals surface area contributed by atoms with Crippen LogP contribution in [0.3, 0.4) is 0 Å². The van der Waals surface area contributed by atoms with Crippen LogP contribution in [0.1, 0.15) is 22.3 Å². The highest BCUT2D eigenvalue weighted by Crippen LogP contribution is 2.20. The Labute approximate surface area is 199 Å². The number of nitrogens with one attached hydrogen (secondary N) is 1. The number of hydrogen-bond donors (Lipinski definition) is 1. The van der Waals surface area contributed by atoms with Crippen molar-refractivity contribution in [3.05, 3.63) is 107 Å². The van der Waals surface area contributed by atoms with Gasteiger partial charge >= 0.3 is 0 Å². The maximum Gasteiger partial charge on any atom is 0.242 e. The standard InChI is InChI=1S/C27H29FN2O2S/c1-20-10-6-7-13-22(20)17-30(25(27(32)29-2)16-21-11-4-3-5-12-21)26(31)19-33-18-23-14-8-9-15-24(23)28/h3-15,25H,16-19H2,1-2H3,(H,29,32)/t25-/m0/s1. The van der Waals surface area contributed by atoms with Crippen molar-refractivity contribution in [2.45, 2.75) is 31.7 Å². The molecule has 33 heavy (non-hydrogen) atoms. The Balaban J connectivity index is 1.83. The van der Waals surface area contributed by atoms with Crippen LogP contribution in [0.25, 0.3) is 0 Å². The topological polar surface area (TPSA) is 49.4 Å². The lowest BCUT2D eigenvalue weighted by atomic mass is 10.0. The maximum absolute atomic E-state index is 14.0. The van der Waals surface area contributed by atoms with Crippen LogP contribution < -0.4 is 5.32 Å². The molecule has 0 radical (unpaired) electrons. The first-order chi connectivity index (χ1) is 16.0. The van der Waals surface area contributed by atoms with Gasteiger partial charge in [0.25, 0.3) is 0 Å². The molecule has 0 aliphatic carbocycles. The van der Waals surface area contributed by atoms with Gasteiger partial charge in [-0.3, -0.25) is 9.59 Å². The molecule has 3 aromatic carbocycles. The number of nitrogens with zero attached hydrogens (tertiary/aromatic N) is 1. The second-order valence-corrected chi connectivity index (χ2v) is 8.84. The van der Waals surface area contributed by atoms with Gasteiger partial charge in [0.2, 0.25) is 11.8 Å². The van der Waals surface area contributed by atoms with Crippen LogP contribution >= 0.6 is 11.8 Å². The van der Waals surface area contributed by atoms with Crippen molar-refractivity contribution in [3.8, 4) is 0 Å². The third kappa shape index (κ3) is 6.93. The quantitative estimate of drug-likeness (QED) is 0.471. The Hall–Kier alpha value is -3.12. The van der Waals surface area contributed by atoms with Gasteiger partial charge in [0.05, 0.1) is 5.75 Å². The predicted octanol–water partition coefficient (Wildman–Crippen LogP) is 4.75. The maximum atomic E-state index is 14.0. The molecule has 2 amide bonds. The van der Waals surface area contributed by atoms with Gasteiger partial charge < -0.3 is 10.2 Å². The Morgan fingerprint density at radius 2 is 1.58 bits per heavy atom. The molecule has 0 aromatic heterocycles. The van der Waals surface area contributed by atoms with E-state index in [1.165, 1.54) is 17.8 Å². The van der Waals surface area contributed by atoms with E-state index in [0.29, 0.717) is 24.3 Å². The lowest BCUT2D eigenvalue weighted by Gasteiger charge is -2.31. The molecule has 0 unspecified atom stereocenters. The average molecular weight is 465 g/mol. The van der Waals surface area contributed by atoms with Gasteiger partial charge in [-0.2, -0.15) is 0 Å². The smallest absolute Gasteiger partial charge is 0.242 e. The molecule has 4 nitrogen and oxygen atoms in total. The van der Waals surface area contributed by atoms with E-state index < -0.39 is 6.04 Å². The number of likely N-dealkylation sites (N-methyl/N-ethyl adjacent to an activating group) is 1. The fourth-order valence-electron chi connectivity index (χ4n) is 3.64. The monoisotopic (exact) mass is 464 g/mol. The minimum absolute atomic E-state index is 0.149. The summed E-state index contributed by atoms with van der Waals surface area (Å²) in [6.45, 7) is 2.33.